The normalized spacial score (nSPS) is 13.2. The van der Waals surface area contributed by atoms with Crippen molar-refractivity contribution >= 4 is 52.5 Å². The monoisotopic (exact) mass is 546 g/mol. The summed E-state index contributed by atoms with van der Waals surface area (Å²) in [6, 6.07) is 3.26. The predicted octanol–water partition coefficient (Wildman–Crippen LogP) is 4.79. The number of carbonyl (C=O) groups excluding carboxylic acids is 3. The highest BCUT2D eigenvalue weighted by atomic mass is 32.2. The third-order valence-corrected chi connectivity index (χ3v) is 6.70. The minimum Gasteiger partial charge on any atom is -0.444 e. The average Bonchev–Trinajstić information content (AvgIpc) is 3.47. The number of nitrogens with zero attached hydrogens (tertiary/aromatic N) is 3. The van der Waals surface area contributed by atoms with Crippen LogP contribution in [0.3, 0.4) is 0 Å². The first-order valence-electron chi connectivity index (χ1n) is 11.8. The number of nitrogens with one attached hydrogen (secondary N) is 3. The molecule has 0 fully saturated rings. The first-order chi connectivity index (χ1) is 17.5. The van der Waals surface area contributed by atoms with E-state index >= 15 is 0 Å². The van der Waals surface area contributed by atoms with Crippen molar-refractivity contribution in [1.82, 2.24) is 20.1 Å². The standard InChI is InChI=1S/C25H34N6O4S2/c1-25(2,3)35-24(34)29-21-16-37-15-20(21)28-22(32)19-7-6-17(12-26-19)13-31(10-9-30(4)5)23(33)27-18-8-11-36-14-18/h6-7,12,14-16H,8-11,13H2,1-5H3,(H,27,33)(H,28,32)(H,29,34). The molecular weight excluding hydrogens is 512 g/mol. The first-order valence-corrected chi connectivity index (χ1v) is 13.8. The Labute approximate surface area is 225 Å². The molecule has 0 spiro atoms. The summed E-state index contributed by atoms with van der Waals surface area (Å²) in [5.74, 6) is 0.565. The SMILES string of the molecule is CN(C)CCN(Cc1ccc(C(=O)Nc2cscc2NC(=O)OC(C)(C)C)nc1)C(=O)NC1=CSCC1. The fourth-order valence-electron chi connectivity index (χ4n) is 3.23. The number of pyridine rings is 1. The summed E-state index contributed by atoms with van der Waals surface area (Å²) in [4.78, 5) is 45.8. The molecule has 0 atom stereocenters. The maximum atomic E-state index is 12.9. The molecule has 3 heterocycles. The molecule has 0 radical (unpaired) electrons. The zero-order valence-corrected chi connectivity index (χ0v) is 23.4. The van der Waals surface area contributed by atoms with Crippen LogP contribution in [0.4, 0.5) is 21.0 Å². The number of hydrogen-bond acceptors (Lipinski definition) is 8. The number of ether oxygens (including phenoxy) is 1. The molecule has 0 bridgehead atoms. The molecule has 0 unspecified atom stereocenters. The minimum absolute atomic E-state index is 0.153. The van der Waals surface area contributed by atoms with E-state index in [4.69, 9.17) is 4.74 Å². The molecule has 2 aromatic heterocycles. The van der Waals surface area contributed by atoms with Crippen molar-refractivity contribution in [3.8, 4) is 0 Å². The van der Waals surface area contributed by atoms with Crippen molar-refractivity contribution in [2.45, 2.75) is 39.3 Å². The topological polar surface area (TPSA) is 116 Å². The lowest BCUT2D eigenvalue weighted by molar-refractivity contribution is 0.0635. The Morgan fingerprint density at radius 3 is 2.38 bits per heavy atom. The van der Waals surface area contributed by atoms with Gasteiger partial charge in [-0.25, -0.2) is 9.59 Å². The molecule has 200 valence electrons. The van der Waals surface area contributed by atoms with Gasteiger partial charge in [-0.3, -0.25) is 15.1 Å². The van der Waals surface area contributed by atoms with Crippen molar-refractivity contribution < 1.29 is 19.1 Å². The molecule has 0 aromatic carbocycles. The van der Waals surface area contributed by atoms with E-state index in [2.05, 4.69) is 20.9 Å². The average molecular weight is 547 g/mol. The maximum absolute atomic E-state index is 12.9. The lowest BCUT2D eigenvalue weighted by atomic mass is 10.2. The molecule has 2 aromatic rings. The van der Waals surface area contributed by atoms with Crippen LogP contribution in [-0.2, 0) is 11.3 Å². The summed E-state index contributed by atoms with van der Waals surface area (Å²) >= 11 is 3.03. The van der Waals surface area contributed by atoms with Gasteiger partial charge in [-0.1, -0.05) is 6.07 Å². The number of thiophene rings is 1. The molecule has 10 nitrogen and oxygen atoms in total. The van der Waals surface area contributed by atoms with Crippen LogP contribution < -0.4 is 16.0 Å². The van der Waals surface area contributed by atoms with E-state index in [1.54, 1.807) is 66.5 Å². The zero-order chi connectivity index (χ0) is 27.0. The molecule has 37 heavy (non-hydrogen) atoms. The van der Waals surface area contributed by atoms with E-state index in [1.807, 2.05) is 24.4 Å². The summed E-state index contributed by atoms with van der Waals surface area (Å²) in [5, 5.41) is 13.8. The van der Waals surface area contributed by atoms with Crippen LogP contribution in [0.25, 0.3) is 0 Å². The number of carbonyl (C=O) groups is 3. The first kappa shape index (κ1) is 28.5. The van der Waals surface area contributed by atoms with Crippen LogP contribution in [0.2, 0.25) is 0 Å². The van der Waals surface area contributed by atoms with E-state index in [1.165, 1.54) is 11.3 Å². The Morgan fingerprint density at radius 1 is 1.05 bits per heavy atom. The van der Waals surface area contributed by atoms with E-state index in [-0.39, 0.29) is 11.7 Å². The van der Waals surface area contributed by atoms with E-state index in [9.17, 15) is 14.4 Å². The van der Waals surface area contributed by atoms with E-state index < -0.39 is 17.6 Å². The van der Waals surface area contributed by atoms with E-state index in [0.29, 0.717) is 24.5 Å². The zero-order valence-electron chi connectivity index (χ0n) is 21.8. The lowest BCUT2D eigenvalue weighted by Crippen LogP contribution is -2.42. The number of hydrogen-bond donors (Lipinski definition) is 3. The molecule has 3 N–H and O–H groups in total. The van der Waals surface area contributed by atoms with Crippen LogP contribution in [0, 0.1) is 0 Å². The second kappa shape index (κ2) is 12.9. The smallest absolute Gasteiger partial charge is 0.412 e. The molecule has 0 aliphatic carbocycles. The van der Waals surface area contributed by atoms with Gasteiger partial charge in [-0.15, -0.1) is 23.1 Å². The number of urea groups is 1. The van der Waals surface area contributed by atoms with Gasteiger partial charge in [0.1, 0.15) is 11.3 Å². The molecule has 4 amide bonds. The van der Waals surface area contributed by atoms with Gasteiger partial charge in [0.25, 0.3) is 5.91 Å². The molecule has 3 rings (SSSR count). The highest BCUT2D eigenvalue weighted by molar-refractivity contribution is 8.02. The summed E-state index contributed by atoms with van der Waals surface area (Å²) in [6.45, 7) is 6.96. The summed E-state index contributed by atoms with van der Waals surface area (Å²) < 4.78 is 5.27. The second-order valence-electron chi connectivity index (χ2n) is 9.75. The fraction of sp³-hybridized carbons (Fsp3) is 0.440. The Balaban J connectivity index is 1.61. The summed E-state index contributed by atoms with van der Waals surface area (Å²) in [5.41, 5.74) is 2.23. The Hall–Kier alpha value is -3.09. The van der Waals surface area contributed by atoms with Crippen molar-refractivity contribution in [3.05, 3.63) is 51.5 Å². The van der Waals surface area contributed by atoms with Crippen molar-refractivity contribution in [2.75, 3.05) is 43.6 Å². The molecule has 1 aliphatic rings. The number of amides is 4. The largest absolute Gasteiger partial charge is 0.444 e. The van der Waals surface area contributed by atoms with Crippen molar-refractivity contribution in [1.29, 1.82) is 0 Å². The number of likely N-dealkylation sites (N-methyl/N-ethyl adjacent to an activating group) is 1. The van der Waals surface area contributed by atoms with Gasteiger partial charge in [0.2, 0.25) is 0 Å². The molecule has 12 heteroatoms. The molecule has 0 saturated heterocycles. The van der Waals surface area contributed by atoms with Gasteiger partial charge in [-0.05, 0) is 58.3 Å². The van der Waals surface area contributed by atoms with Crippen LogP contribution >= 0.6 is 23.1 Å². The van der Waals surface area contributed by atoms with Crippen LogP contribution in [-0.4, -0.2) is 71.4 Å². The number of aromatic nitrogens is 1. The predicted molar refractivity (Wildman–Crippen MR) is 149 cm³/mol. The van der Waals surface area contributed by atoms with Crippen LogP contribution in [0.15, 0.2) is 40.2 Å². The highest BCUT2D eigenvalue weighted by Gasteiger charge is 2.20. The quantitative estimate of drug-likeness (QED) is 0.414. The third kappa shape index (κ3) is 9.38. The van der Waals surface area contributed by atoms with Crippen molar-refractivity contribution in [2.24, 2.45) is 0 Å². The number of anilines is 2. The summed E-state index contributed by atoms with van der Waals surface area (Å²) in [6.07, 6.45) is 1.85. The summed E-state index contributed by atoms with van der Waals surface area (Å²) in [7, 11) is 3.92. The van der Waals surface area contributed by atoms with Crippen molar-refractivity contribution in [3.63, 3.8) is 0 Å². The highest BCUT2D eigenvalue weighted by Crippen LogP contribution is 2.27. The van der Waals surface area contributed by atoms with Crippen LogP contribution in [0.5, 0.6) is 0 Å². The van der Waals surface area contributed by atoms with Gasteiger partial charge in [0.15, 0.2) is 0 Å². The van der Waals surface area contributed by atoms with E-state index in [0.717, 1.165) is 30.0 Å². The molecule has 1 aliphatic heterocycles. The molecule has 0 saturated carbocycles. The Morgan fingerprint density at radius 2 is 1.78 bits per heavy atom. The van der Waals surface area contributed by atoms with Gasteiger partial charge < -0.3 is 25.2 Å². The van der Waals surface area contributed by atoms with Gasteiger partial charge >= 0.3 is 12.1 Å². The Kier molecular flexibility index (Phi) is 9.95. The number of allylic oxidation sites excluding steroid dienone is 1. The van der Waals surface area contributed by atoms with Gasteiger partial charge in [0, 0.05) is 48.0 Å². The van der Waals surface area contributed by atoms with Gasteiger partial charge in [-0.2, -0.15) is 0 Å². The maximum Gasteiger partial charge on any atom is 0.412 e. The number of thioether (sulfide) groups is 1. The second-order valence-corrected chi connectivity index (χ2v) is 11.5. The van der Waals surface area contributed by atoms with Crippen LogP contribution in [0.1, 0.15) is 43.2 Å². The Bertz CT molecular complexity index is 1120. The fourth-order valence-corrected chi connectivity index (χ4v) is 4.78. The minimum atomic E-state index is -0.634. The van der Waals surface area contributed by atoms with Gasteiger partial charge in [0.05, 0.1) is 11.4 Å². The lowest BCUT2D eigenvalue weighted by Gasteiger charge is -2.25. The number of rotatable bonds is 9. The molecular formula is C25H34N6O4S2. The third-order valence-electron chi connectivity index (χ3n) is 5.06.